The largest absolute Gasteiger partial charge is 0.497 e. The van der Waals surface area contributed by atoms with Gasteiger partial charge in [-0.25, -0.2) is 0 Å². The van der Waals surface area contributed by atoms with Crippen molar-refractivity contribution >= 4 is 5.91 Å². The second kappa shape index (κ2) is 6.70. The molecule has 0 atom stereocenters. The maximum absolute atomic E-state index is 12.0. The first kappa shape index (κ1) is 14.0. The van der Waals surface area contributed by atoms with Gasteiger partial charge in [-0.15, -0.1) is 0 Å². The third-order valence-corrected chi connectivity index (χ3v) is 2.71. The summed E-state index contributed by atoms with van der Waals surface area (Å²) in [6.45, 7) is 2.28. The third-order valence-electron chi connectivity index (χ3n) is 2.71. The second-order valence-corrected chi connectivity index (χ2v) is 4.27. The van der Waals surface area contributed by atoms with Gasteiger partial charge >= 0.3 is 0 Å². The van der Waals surface area contributed by atoms with Gasteiger partial charge in [-0.05, 0) is 24.6 Å². The molecule has 6 nitrogen and oxygen atoms in total. The molecule has 1 heterocycles. The number of aryl methyl sites for hydroxylation is 1. The third kappa shape index (κ3) is 3.57. The molecule has 2 aromatic rings. The Labute approximate surface area is 117 Å². The van der Waals surface area contributed by atoms with E-state index in [2.05, 4.69) is 15.5 Å². The summed E-state index contributed by atoms with van der Waals surface area (Å²) in [6, 6.07) is 6.94. The number of methoxy groups -OCH3 is 1. The number of nitrogens with zero attached hydrogens (tertiary/aromatic N) is 2. The van der Waals surface area contributed by atoms with E-state index in [0.29, 0.717) is 23.0 Å². The fourth-order valence-electron chi connectivity index (χ4n) is 1.70. The summed E-state index contributed by atoms with van der Waals surface area (Å²) < 4.78 is 10.1. The van der Waals surface area contributed by atoms with Gasteiger partial charge in [0.15, 0.2) is 5.82 Å². The Morgan fingerprint density at radius 3 is 3.05 bits per heavy atom. The highest BCUT2D eigenvalue weighted by molar-refractivity contribution is 5.94. The fourth-order valence-corrected chi connectivity index (χ4v) is 1.70. The van der Waals surface area contributed by atoms with Gasteiger partial charge in [0.2, 0.25) is 5.89 Å². The lowest BCUT2D eigenvalue weighted by atomic mass is 10.2. The summed E-state index contributed by atoms with van der Waals surface area (Å²) in [7, 11) is 1.56. The molecule has 0 unspecified atom stereocenters. The van der Waals surface area contributed by atoms with Crippen molar-refractivity contribution in [3.05, 3.63) is 41.5 Å². The quantitative estimate of drug-likeness (QED) is 0.872. The Morgan fingerprint density at radius 2 is 2.30 bits per heavy atom. The number of rotatable bonds is 6. The van der Waals surface area contributed by atoms with Gasteiger partial charge in [0.25, 0.3) is 5.91 Å². The van der Waals surface area contributed by atoms with E-state index in [1.165, 1.54) is 0 Å². The Hall–Kier alpha value is -2.37. The molecule has 6 heteroatoms. The van der Waals surface area contributed by atoms with Crippen molar-refractivity contribution in [3.63, 3.8) is 0 Å². The van der Waals surface area contributed by atoms with E-state index < -0.39 is 0 Å². The maximum Gasteiger partial charge on any atom is 0.251 e. The molecule has 0 radical (unpaired) electrons. The molecule has 0 saturated heterocycles. The lowest BCUT2D eigenvalue weighted by Crippen LogP contribution is -2.23. The molecule has 1 aromatic heterocycles. The standard InChI is InChI=1S/C14H17N3O3/c1-3-5-13-16-12(17-20-13)9-15-14(18)10-6-4-7-11(8-10)19-2/h4,6-8H,3,5,9H2,1-2H3,(H,15,18). The minimum atomic E-state index is -0.203. The van der Waals surface area contributed by atoms with Crippen molar-refractivity contribution in [3.8, 4) is 5.75 Å². The minimum absolute atomic E-state index is 0.203. The molecule has 0 spiro atoms. The minimum Gasteiger partial charge on any atom is -0.497 e. The number of ether oxygens (including phenoxy) is 1. The highest BCUT2D eigenvalue weighted by Gasteiger charge is 2.09. The number of hydrogen-bond acceptors (Lipinski definition) is 5. The Kier molecular flexibility index (Phi) is 4.70. The van der Waals surface area contributed by atoms with Crippen LogP contribution in [-0.4, -0.2) is 23.2 Å². The van der Waals surface area contributed by atoms with Gasteiger partial charge in [-0.2, -0.15) is 4.98 Å². The van der Waals surface area contributed by atoms with Crippen molar-refractivity contribution in [2.75, 3.05) is 7.11 Å². The van der Waals surface area contributed by atoms with Crippen LogP contribution in [0.25, 0.3) is 0 Å². The van der Waals surface area contributed by atoms with Gasteiger partial charge in [0.1, 0.15) is 5.75 Å². The van der Waals surface area contributed by atoms with Crippen LogP contribution in [0, 0.1) is 0 Å². The number of aromatic nitrogens is 2. The Morgan fingerprint density at radius 1 is 1.45 bits per heavy atom. The monoisotopic (exact) mass is 275 g/mol. The van der Waals surface area contributed by atoms with Crippen LogP contribution in [0.2, 0.25) is 0 Å². The molecule has 0 aliphatic carbocycles. The van der Waals surface area contributed by atoms with Crippen molar-refractivity contribution in [1.29, 1.82) is 0 Å². The van der Waals surface area contributed by atoms with Crippen LogP contribution in [-0.2, 0) is 13.0 Å². The van der Waals surface area contributed by atoms with Crippen molar-refractivity contribution in [2.24, 2.45) is 0 Å². The zero-order valence-electron chi connectivity index (χ0n) is 11.5. The fraction of sp³-hybridized carbons (Fsp3) is 0.357. The van der Waals surface area contributed by atoms with E-state index in [0.717, 1.165) is 12.8 Å². The van der Waals surface area contributed by atoms with Crippen LogP contribution in [0.15, 0.2) is 28.8 Å². The average Bonchev–Trinajstić information content (AvgIpc) is 2.93. The van der Waals surface area contributed by atoms with Crippen molar-refractivity contribution in [1.82, 2.24) is 15.5 Å². The molecule has 0 aliphatic rings. The summed E-state index contributed by atoms with van der Waals surface area (Å²) in [5, 5.41) is 6.55. The maximum atomic E-state index is 12.0. The van der Waals surface area contributed by atoms with Crippen LogP contribution in [0.5, 0.6) is 5.75 Å². The van der Waals surface area contributed by atoms with Gasteiger partial charge in [0.05, 0.1) is 13.7 Å². The molecule has 106 valence electrons. The lowest BCUT2D eigenvalue weighted by Gasteiger charge is -2.04. The molecule has 20 heavy (non-hydrogen) atoms. The lowest BCUT2D eigenvalue weighted by molar-refractivity contribution is 0.0949. The smallest absolute Gasteiger partial charge is 0.251 e. The van der Waals surface area contributed by atoms with Gasteiger partial charge in [-0.3, -0.25) is 4.79 Å². The molecule has 1 aromatic carbocycles. The second-order valence-electron chi connectivity index (χ2n) is 4.27. The number of hydrogen-bond donors (Lipinski definition) is 1. The van der Waals surface area contributed by atoms with Crippen LogP contribution < -0.4 is 10.1 Å². The number of nitrogens with one attached hydrogen (secondary N) is 1. The number of carbonyl (C=O) groups is 1. The summed E-state index contributed by atoms with van der Waals surface area (Å²) in [4.78, 5) is 16.1. The van der Waals surface area contributed by atoms with Crippen LogP contribution in [0.1, 0.15) is 35.4 Å². The van der Waals surface area contributed by atoms with Crippen LogP contribution >= 0.6 is 0 Å². The summed E-state index contributed by atoms with van der Waals surface area (Å²) in [5.74, 6) is 1.51. The normalized spacial score (nSPS) is 10.3. The van der Waals surface area contributed by atoms with Crippen LogP contribution in [0.4, 0.5) is 0 Å². The number of amides is 1. The first-order chi connectivity index (χ1) is 9.72. The first-order valence-electron chi connectivity index (χ1n) is 6.46. The highest BCUT2D eigenvalue weighted by Crippen LogP contribution is 2.12. The van der Waals surface area contributed by atoms with Gasteiger partial charge < -0.3 is 14.6 Å². The zero-order valence-corrected chi connectivity index (χ0v) is 11.5. The average molecular weight is 275 g/mol. The molecule has 0 saturated carbocycles. The molecule has 0 aliphatic heterocycles. The van der Waals surface area contributed by atoms with E-state index in [1.807, 2.05) is 6.92 Å². The Balaban J connectivity index is 1.93. The predicted octanol–water partition coefficient (Wildman–Crippen LogP) is 1.96. The Bertz CT molecular complexity index is 581. The molecular formula is C14H17N3O3. The molecule has 0 bridgehead atoms. The van der Waals surface area contributed by atoms with Crippen molar-refractivity contribution < 1.29 is 14.1 Å². The van der Waals surface area contributed by atoms with E-state index in [4.69, 9.17) is 9.26 Å². The van der Waals surface area contributed by atoms with E-state index in [9.17, 15) is 4.79 Å². The van der Waals surface area contributed by atoms with Crippen LogP contribution in [0.3, 0.4) is 0 Å². The summed E-state index contributed by atoms with van der Waals surface area (Å²) in [5.41, 5.74) is 0.529. The topological polar surface area (TPSA) is 77.2 Å². The molecule has 0 fully saturated rings. The molecule has 1 N–H and O–H groups in total. The van der Waals surface area contributed by atoms with Crippen molar-refractivity contribution in [2.45, 2.75) is 26.3 Å². The first-order valence-corrected chi connectivity index (χ1v) is 6.46. The van der Waals surface area contributed by atoms with Gasteiger partial charge in [0, 0.05) is 12.0 Å². The van der Waals surface area contributed by atoms with E-state index in [-0.39, 0.29) is 12.5 Å². The number of carbonyl (C=O) groups excluding carboxylic acids is 1. The van der Waals surface area contributed by atoms with E-state index >= 15 is 0 Å². The molecule has 1 amide bonds. The van der Waals surface area contributed by atoms with E-state index in [1.54, 1.807) is 31.4 Å². The highest BCUT2D eigenvalue weighted by atomic mass is 16.5. The predicted molar refractivity (Wildman–Crippen MR) is 72.5 cm³/mol. The summed E-state index contributed by atoms with van der Waals surface area (Å²) >= 11 is 0. The number of benzene rings is 1. The van der Waals surface area contributed by atoms with Gasteiger partial charge in [-0.1, -0.05) is 18.1 Å². The summed E-state index contributed by atoms with van der Waals surface area (Å²) in [6.07, 6.45) is 1.69. The SMILES string of the molecule is CCCc1nc(CNC(=O)c2cccc(OC)c2)no1. The molecule has 2 rings (SSSR count). The zero-order chi connectivity index (χ0) is 14.4. The molecular weight excluding hydrogens is 258 g/mol.